The van der Waals surface area contributed by atoms with E-state index >= 15 is 0 Å². The van der Waals surface area contributed by atoms with E-state index in [9.17, 15) is 18.3 Å². The van der Waals surface area contributed by atoms with Gasteiger partial charge in [-0.15, -0.1) is 0 Å². The van der Waals surface area contributed by atoms with Crippen molar-refractivity contribution in [1.29, 1.82) is 0 Å². The van der Waals surface area contributed by atoms with Crippen molar-refractivity contribution >= 4 is 0 Å². The lowest BCUT2D eigenvalue weighted by Crippen LogP contribution is -2.06. The van der Waals surface area contributed by atoms with Crippen LogP contribution in [-0.2, 0) is 12.7 Å². The van der Waals surface area contributed by atoms with Crippen LogP contribution in [0.15, 0.2) is 42.7 Å². The standard InChI is InChI=1S/C16H18F3NO/c1-11(2)15(21)13-7-8-20(10-13)9-12-3-5-14(6-4-12)16(17,18)19/h3-8,10-11,15,21H,9H2,1-2H3. The molecule has 0 aliphatic heterocycles. The Labute approximate surface area is 121 Å². The zero-order chi connectivity index (χ0) is 15.6. The van der Waals surface area contributed by atoms with Crippen LogP contribution in [0.25, 0.3) is 0 Å². The molecule has 21 heavy (non-hydrogen) atoms. The van der Waals surface area contributed by atoms with Gasteiger partial charge in [0.1, 0.15) is 0 Å². The maximum absolute atomic E-state index is 12.5. The van der Waals surface area contributed by atoms with Crippen LogP contribution in [0.2, 0.25) is 0 Å². The first-order valence-corrected chi connectivity index (χ1v) is 6.77. The van der Waals surface area contributed by atoms with Gasteiger partial charge in [0, 0.05) is 18.9 Å². The maximum Gasteiger partial charge on any atom is 0.416 e. The van der Waals surface area contributed by atoms with Crippen molar-refractivity contribution in [2.75, 3.05) is 0 Å². The minimum Gasteiger partial charge on any atom is -0.388 e. The first-order valence-electron chi connectivity index (χ1n) is 6.77. The molecular weight excluding hydrogens is 279 g/mol. The normalized spacial score (nSPS) is 13.7. The second-order valence-corrected chi connectivity index (χ2v) is 5.50. The summed E-state index contributed by atoms with van der Waals surface area (Å²) in [5.41, 5.74) is 0.954. The van der Waals surface area contributed by atoms with Crippen LogP contribution < -0.4 is 0 Å². The van der Waals surface area contributed by atoms with E-state index in [1.807, 2.05) is 36.9 Å². The summed E-state index contributed by atoms with van der Waals surface area (Å²) in [5, 5.41) is 9.96. The molecule has 0 fully saturated rings. The molecule has 0 radical (unpaired) electrons. The fraction of sp³-hybridized carbons (Fsp3) is 0.375. The van der Waals surface area contributed by atoms with Gasteiger partial charge in [0.05, 0.1) is 11.7 Å². The number of nitrogens with zero attached hydrogens (tertiary/aromatic N) is 1. The van der Waals surface area contributed by atoms with Crippen molar-refractivity contribution in [3.05, 3.63) is 59.4 Å². The van der Waals surface area contributed by atoms with Crippen molar-refractivity contribution in [1.82, 2.24) is 4.57 Å². The molecule has 1 aromatic carbocycles. The van der Waals surface area contributed by atoms with E-state index < -0.39 is 17.8 Å². The Morgan fingerprint density at radius 3 is 2.24 bits per heavy atom. The lowest BCUT2D eigenvalue weighted by molar-refractivity contribution is -0.137. The van der Waals surface area contributed by atoms with Gasteiger partial charge in [-0.1, -0.05) is 26.0 Å². The largest absolute Gasteiger partial charge is 0.416 e. The van der Waals surface area contributed by atoms with Crippen LogP contribution in [0.4, 0.5) is 13.2 Å². The molecule has 1 aromatic heterocycles. The monoisotopic (exact) mass is 297 g/mol. The summed E-state index contributed by atoms with van der Waals surface area (Å²) < 4.78 is 39.3. The number of aromatic nitrogens is 1. The van der Waals surface area contributed by atoms with Gasteiger partial charge in [-0.05, 0) is 35.2 Å². The second kappa shape index (κ2) is 5.93. The lowest BCUT2D eigenvalue weighted by Gasteiger charge is -2.12. The van der Waals surface area contributed by atoms with E-state index in [4.69, 9.17) is 0 Å². The summed E-state index contributed by atoms with van der Waals surface area (Å²) in [7, 11) is 0. The van der Waals surface area contributed by atoms with Crippen molar-refractivity contribution in [2.24, 2.45) is 5.92 Å². The number of aliphatic hydroxyl groups excluding tert-OH is 1. The third-order valence-corrected chi connectivity index (χ3v) is 3.39. The van der Waals surface area contributed by atoms with Gasteiger partial charge in [-0.3, -0.25) is 0 Å². The number of benzene rings is 1. The van der Waals surface area contributed by atoms with Gasteiger partial charge in [0.25, 0.3) is 0 Å². The zero-order valence-corrected chi connectivity index (χ0v) is 11.9. The fourth-order valence-corrected chi connectivity index (χ4v) is 2.13. The Kier molecular flexibility index (Phi) is 4.42. The summed E-state index contributed by atoms with van der Waals surface area (Å²) in [6.07, 6.45) is -1.19. The number of aliphatic hydroxyl groups is 1. The second-order valence-electron chi connectivity index (χ2n) is 5.50. The topological polar surface area (TPSA) is 25.2 Å². The van der Waals surface area contributed by atoms with Crippen molar-refractivity contribution < 1.29 is 18.3 Å². The predicted octanol–water partition coefficient (Wildman–Crippen LogP) is 4.24. The molecule has 0 saturated heterocycles. The average molecular weight is 297 g/mol. The van der Waals surface area contributed by atoms with Crippen LogP contribution in [-0.4, -0.2) is 9.67 Å². The molecule has 0 aliphatic carbocycles. The predicted molar refractivity (Wildman–Crippen MR) is 74.8 cm³/mol. The molecule has 2 rings (SSSR count). The summed E-state index contributed by atoms with van der Waals surface area (Å²) in [4.78, 5) is 0. The summed E-state index contributed by atoms with van der Waals surface area (Å²) >= 11 is 0. The highest BCUT2D eigenvalue weighted by molar-refractivity contribution is 5.25. The van der Waals surface area contributed by atoms with Crippen LogP contribution in [0.3, 0.4) is 0 Å². The van der Waals surface area contributed by atoms with E-state index in [1.165, 1.54) is 12.1 Å². The molecule has 0 saturated carbocycles. The minimum atomic E-state index is -4.31. The highest BCUT2D eigenvalue weighted by Crippen LogP contribution is 2.29. The van der Waals surface area contributed by atoms with Gasteiger partial charge in [0.2, 0.25) is 0 Å². The molecular formula is C16H18F3NO. The number of hydrogen-bond acceptors (Lipinski definition) is 1. The summed E-state index contributed by atoms with van der Waals surface area (Å²) in [6.45, 7) is 4.33. The maximum atomic E-state index is 12.5. The number of hydrogen-bond donors (Lipinski definition) is 1. The number of alkyl halides is 3. The SMILES string of the molecule is CC(C)C(O)c1ccn(Cc2ccc(C(F)(F)F)cc2)c1. The Morgan fingerprint density at radius 2 is 1.71 bits per heavy atom. The van der Waals surface area contributed by atoms with Crippen molar-refractivity contribution in [2.45, 2.75) is 32.7 Å². The first-order chi connectivity index (χ1) is 9.77. The van der Waals surface area contributed by atoms with Crippen LogP contribution in [0.5, 0.6) is 0 Å². The van der Waals surface area contributed by atoms with E-state index in [-0.39, 0.29) is 5.92 Å². The van der Waals surface area contributed by atoms with E-state index in [1.54, 1.807) is 0 Å². The molecule has 0 spiro atoms. The molecule has 1 heterocycles. The molecule has 2 nitrogen and oxygen atoms in total. The van der Waals surface area contributed by atoms with Crippen LogP contribution in [0, 0.1) is 5.92 Å². The Bertz CT molecular complexity index is 584. The van der Waals surface area contributed by atoms with Crippen molar-refractivity contribution in [3.63, 3.8) is 0 Å². The number of rotatable bonds is 4. The van der Waals surface area contributed by atoms with Gasteiger partial charge < -0.3 is 9.67 Å². The Balaban J connectivity index is 2.09. The minimum absolute atomic E-state index is 0.118. The third kappa shape index (κ3) is 3.88. The number of halogens is 3. The molecule has 1 N–H and O–H groups in total. The highest BCUT2D eigenvalue weighted by atomic mass is 19.4. The van der Waals surface area contributed by atoms with Gasteiger partial charge in [-0.2, -0.15) is 13.2 Å². The quantitative estimate of drug-likeness (QED) is 0.897. The third-order valence-electron chi connectivity index (χ3n) is 3.39. The van der Waals surface area contributed by atoms with E-state index in [0.29, 0.717) is 6.54 Å². The summed E-state index contributed by atoms with van der Waals surface area (Å²) in [6, 6.07) is 6.95. The zero-order valence-electron chi connectivity index (χ0n) is 11.9. The molecule has 5 heteroatoms. The molecule has 1 atom stereocenters. The molecule has 114 valence electrons. The highest BCUT2D eigenvalue weighted by Gasteiger charge is 2.29. The molecule has 0 aliphatic rings. The molecule has 0 bridgehead atoms. The average Bonchev–Trinajstić information content (AvgIpc) is 2.85. The smallest absolute Gasteiger partial charge is 0.388 e. The van der Waals surface area contributed by atoms with Gasteiger partial charge in [-0.25, -0.2) is 0 Å². The first kappa shape index (κ1) is 15.6. The fourth-order valence-electron chi connectivity index (χ4n) is 2.13. The van der Waals surface area contributed by atoms with Gasteiger partial charge in [0.15, 0.2) is 0 Å². The van der Waals surface area contributed by atoms with E-state index in [0.717, 1.165) is 23.3 Å². The Hall–Kier alpha value is -1.75. The van der Waals surface area contributed by atoms with Crippen LogP contribution in [0.1, 0.15) is 36.6 Å². The molecule has 2 aromatic rings. The Morgan fingerprint density at radius 1 is 1.10 bits per heavy atom. The lowest BCUT2D eigenvalue weighted by atomic mass is 10.0. The summed E-state index contributed by atoms with van der Waals surface area (Å²) in [5.74, 6) is 0.118. The van der Waals surface area contributed by atoms with Crippen molar-refractivity contribution in [3.8, 4) is 0 Å². The molecule has 0 amide bonds. The van der Waals surface area contributed by atoms with E-state index in [2.05, 4.69) is 0 Å². The molecule has 1 unspecified atom stereocenters. The van der Waals surface area contributed by atoms with Crippen LogP contribution >= 0.6 is 0 Å². The van der Waals surface area contributed by atoms with Gasteiger partial charge >= 0.3 is 6.18 Å².